The zero-order valence-corrected chi connectivity index (χ0v) is 15.6. The van der Waals surface area contributed by atoms with Crippen LogP contribution in [0.15, 0.2) is 48.5 Å². The zero-order valence-electron chi connectivity index (χ0n) is 15.6. The minimum absolute atomic E-state index is 0.0656. The van der Waals surface area contributed by atoms with E-state index in [4.69, 9.17) is 0 Å². The lowest BCUT2D eigenvalue weighted by Gasteiger charge is -2.34. The molecule has 2 heterocycles. The number of carbonyl (C=O) groups is 1. The van der Waals surface area contributed by atoms with Crippen LogP contribution >= 0.6 is 0 Å². The molecule has 0 radical (unpaired) electrons. The molecule has 1 aromatic heterocycles. The molecular weight excluding hydrogens is 359 g/mol. The summed E-state index contributed by atoms with van der Waals surface area (Å²) in [6.07, 6.45) is 0. The fourth-order valence-electron chi connectivity index (χ4n) is 3.27. The Balaban J connectivity index is 1.38. The van der Waals surface area contributed by atoms with Gasteiger partial charge in [0.05, 0.1) is 12.2 Å². The smallest absolute Gasteiger partial charge is 0.253 e. The van der Waals surface area contributed by atoms with E-state index in [1.54, 1.807) is 9.58 Å². The Morgan fingerprint density at radius 3 is 2.36 bits per heavy atom. The highest BCUT2D eigenvalue weighted by molar-refractivity contribution is 5.94. The maximum atomic E-state index is 13.0. The van der Waals surface area contributed by atoms with Crippen molar-refractivity contribution in [1.82, 2.24) is 30.0 Å². The lowest BCUT2D eigenvalue weighted by Crippen LogP contribution is -2.48. The first-order chi connectivity index (χ1) is 13.6. The monoisotopic (exact) mass is 380 g/mol. The summed E-state index contributed by atoms with van der Waals surface area (Å²) in [5, 5.41) is 12.1. The zero-order chi connectivity index (χ0) is 19.5. The Labute approximate surface area is 162 Å². The summed E-state index contributed by atoms with van der Waals surface area (Å²) in [7, 11) is 0. The molecule has 2 aromatic carbocycles. The second-order valence-electron chi connectivity index (χ2n) is 6.92. The molecule has 144 valence electrons. The second-order valence-corrected chi connectivity index (χ2v) is 6.92. The highest BCUT2D eigenvalue weighted by atomic mass is 19.1. The number of nitrogens with zero attached hydrogens (tertiary/aromatic N) is 6. The quantitative estimate of drug-likeness (QED) is 0.693. The van der Waals surface area contributed by atoms with Crippen molar-refractivity contribution >= 4 is 5.91 Å². The largest absolute Gasteiger partial charge is 0.336 e. The number of halogens is 1. The SMILES string of the molecule is Cc1ccc(-n2nnnc2CN2CCN(C(=O)c3ccc(F)cc3)CC2)cc1. The molecule has 28 heavy (non-hydrogen) atoms. The number of carbonyl (C=O) groups excluding carboxylic acids is 1. The van der Waals surface area contributed by atoms with Crippen LogP contribution in [0.5, 0.6) is 0 Å². The number of hydrogen-bond donors (Lipinski definition) is 0. The molecule has 0 unspecified atom stereocenters. The predicted octanol–water partition coefficient (Wildman–Crippen LogP) is 2.07. The minimum Gasteiger partial charge on any atom is -0.336 e. The van der Waals surface area contributed by atoms with Gasteiger partial charge in [0.25, 0.3) is 5.91 Å². The van der Waals surface area contributed by atoms with Crippen molar-refractivity contribution in [3.05, 3.63) is 71.3 Å². The highest BCUT2D eigenvalue weighted by Crippen LogP contribution is 2.14. The number of piperazine rings is 1. The van der Waals surface area contributed by atoms with Gasteiger partial charge in [0.15, 0.2) is 5.82 Å². The maximum Gasteiger partial charge on any atom is 0.253 e. The summed E-state index contributed by atoms with van der Waals surface area (Å²) in [4.78, 5) is 16.6. The second kappa shape index (κ2) is 7.85. The van der Waals surface area contributed by atoms with Crippen molar-refractivity contribution in [2.24, 2.45) is 0 Å². The van der Waals surface area contributed by atoms with E-state index in [1.165, 1.54) is 29.8 Å². The molecule has 1 fully saturated rings. The number of aromatic nitrogens is 4. The van der Waals surface area contributed by atoms with Crippen LogP contribution in [0.3, 0.4) is 0 Å². The van der Waals surface area contributed by atoms with E-state index < -0.39 is 0 Å². The van der Waals surface area contributed by atoms with Gasteiger partial charge in [0.1, 0.15) is 5.82 Å². The minimum atomic E-state index is -0.340. The van der Waals surface area contributed by atoms with E-state index in [9.17, 15) is 9.18 Å². The summed E-state index contributed by atoms with van der Waals surface area (Å²) >= 11 is 0. The maximum absolute atomic E-state index is 13.0. The first-order valence-corrected chi connectivity index (χ1v) is 9.21. The number of aryl methyl sites for hydroxylation is 1. The number of tetrazole rings is 1. The lowest BCUT2D eigenvalue weighted by atomic mass is 10.2. The molecule has 3 aromatic rings. The van der Waals surface area contributed by atoms with E-state index in [-0.39, 0.29) is 11.7 Å². The summed E-state index contributed by atoms with van der Waals surface area (Å²) in [6.45, 7) is 5.34. The van der Waals surface area contributed by atoms with Crippen molar-refractivity contribution in [2.75, 3.05) is 26.2 Å². The summed E-state index contributed by atoms with van der Waals surface area (Å²) < 4.78 is 14.8. The molecule has 0 bridgehead atoms. The summed E-state index contributed by atoms with van der Waals surface area (Å²) in [5.74, 6) is 0.360. The number of benzene rings is 2. The fraction of sp³-hybridized carbons (Fsp3) is 0.300. The topological polar surface area (TPSA) is 67.2 Å². The van der Waals surface area contributed by atoms with Gasteiger partial charge in [0.2, 0.25) is 0 Å². The number of rotatable bonds is 4. The molecule has 1 aliphatic heterocycles. The Hall–Kier alpha value is -3.13. The summed E-state index contributed by atoms with van der Waals surface area (Å²) in [5.41, 5.74) is 2.62. The van der Waals surface area contributed by atoms with Gasteiger partial charge in [-0.05, 0) is 53.7 Å². The Morgan fingerprint density at radius 1 is 1.00 bits per heavy atom. The van der Waals surface area contributed by atoms with Gasteiger partial charge >= 0.3 is 0 Å². The predicted molar refractivity (Wildman–Crippen MR) is 101 cm³/mol. The van der Waals surface area contributed by atoms with Crippen molar-refractivity contribution in [1.29, 1.82) is 0 Å². The average molecular weight is 380 g/mol. The normalized spacial score (nSPS) is 15.0. The average Bonchev–Trinajstić information content (AvgIpc) is 3.17. The molecule has 8 heteroatoms. The third-order valence-electron chi connectivity index (χ3n) is 4.93. The molecule has 1 saturated heterocycles. The van der Waals surface area contributed by atoms with E-state index in [0.717, 1.165) is 24.6 Å². The van der Waals surface area contributed by atoms with Gasteiger partial charge in [0, 0.05) is 31.7 Å². The molecule has 0 aliphatic carbocycles. The molecule has 1 aliphatic rings. The standard InChI is InChI=1S/C20H21FN6O/c1-15-2-8-18(9-3-15)27-19(22-23-24-27)14-25-10-12-26(13-11-25)20(28)16-4-6-17(21)7-5-16/h2-9H,10-14H2,1H3. The fourth-order valence-corrected chi connectivity index (χ4v) is 3.27. The summed E-state index contributed by atoms with van der Waals surface area (Å²) in [6, 6.07) is 13.7. The lowest BCUT2D eigenvalue weighted by molar-refractivity contribution is 0.0624. The Bertz CT molecular complexity index is 946. The molecule has 0 spiro atoms. The van der Waals surface area contributed by atoms with Crippen molar-refractivity contribution < 1.29 is 9.18 Å². The first-order valence-electron chi connectivity index (χ1n) is 9.21. The van der Waals surface area contributed by atoms with Gasteiger partial charge in [-0.2, -0.15) is 4.68 Å². The van der Waals surface area contributed by atoms with Gasteiger partial charge in [-0.1, -0.05) is 17.7 Å². The van der Waals surface area contributed by atoms with Crippen LogP contribution in [0, 0.1) is 12.7 Å². The number of amides is 1. The Morgan fingerprint density at radius 2 is 1.68 bits per heavy atom. The van der Waals surface area contributed by atoms with Gasteiger partial charge < -0.3 is 4.90 Å². The molecule has 0 atom stereocenters. The van der Waals surface area contributed by atoms with E-state index in [2.05, 4.69) is 20.4 Å². The van der Waals surface area contributed by atoms with Crippen LogP contribution in [0.2, 0.25) is 0 Å². The molecule has 0 saturated carbocycles. The van der Waals surface area contributed by atoms with Crippen molar-refractivity contribution in [3.8, 4) is 5.69 Å². The van der Waals surface area contributed by atoms with Crippen LogP contribution in [-0.4, -0.2) is 62.1 Å². The van der Waals surface area contributed by atoms with E-state index >= 15 is 0 Å². The van der Waals surface area contributed by atoms with Crippen LogP contribution in [0.4, 0.5) is 4.39 Å². The number of hydrogen-bond acceptors (Lipinski definition) is 5. The van der Waals surface area contributed by atoms with Gasteiger partial charge in [-0.25, -0.2) is 4.39 Å². The van der Waals surface area contributed by atoms with E-state index in [0.29, 0.717) is 25.2 Å². The Kier molecular flexibility index (Phi) is 5.12. The molecule has 4 rings (SSSR count). The van der Waals surface area contributed by atoms with Gasteiger partial charge in [-0.15, -0.1) is 5.10 Å². The third-order valence-corrected chi connectivity index (χ3v) is 4.93. The van der Waals surface area contributed by atoms with Crippen LogP contribution in [0.1, 0.15) is 21.7 Å². The van der Waals surface area contributed by atoms with Gasteiger partial charge in [-0.3, -0.25) is 9.69 Å². The first kappa shape index (κ1) is 18.2. The molecule has 0 N–H and O–H groups in total. The van der Waals surface area contributed by atoms with Crippen LogP contribution < -0.4 is 0 Å². The molecule has 1 amide bonds. The van der Waals surface area contributed by atoms with Crippen molar-refractivity contribution in [2.45, 2.75) is 13.5 Å². The molecule has 7 nitrogen and oxygen atoms in total. The molecular formula is C20H21FN6O. The van der Waals surface area contributed by atoms with Crippen LogP contribution in [-0.2, 0) is 6.54 Å². The third kappa shape index (κ3) is 3.91. The van der Waals surface area contributed by atoms with E-state index in [1.807, 2.05) is 31.2 Å². The van der Waals surface area contributed by atoms with Crippen LogP contribution in [0.25, 0.3) is 5.69 Å². The van der Waals surface area contributed by atoms with Crippen molar-refractivity contribution in [3.63, 3.8) is 0 Å². The highest BCUT2D eigenvalue weighted by Gasteiger charge is 2.23.